The predicted octanol–water partition coefficient (Wildman–Crippen LogP) is 2.53. The molecule has 2 aromatic rings. The molecule has 3 rings (SSSR count). The van der Waals surface area contributed by atoms with Crippen LogP contribution in [0.5, 0.6) is 0 Å². The first-order valence-electron chi connectivity index (χ1n) is 6.86. The second-order valence-electron chi connectivity index (χ2n) is 4.90. The highest BCUT2D eigenvalue weighted by molar-refractivity contribution is 7.11. The Bertz CT molecular complexity index is 505. The van der Waals surface area contributed by atoms with Crippen molar-refractivity contribution in [1.82, 2.24) is 20.5 Å². The quantitative estimate of drug-likeness (QED) is 0.910. The molecule has 0 aliphatic carbocycles. The summed E-state index contributed by atoms with van der Waals surface area (Å²) in [5.74, 6) is 0. The van der Waals surface area contributed by atoms with Crippen LogP contribution in [-0.4, -0.2) is 21.7 Å². The molecule has 1 aliphatic rings. The summed E-state index contributed by atoms with van der Waals surface area (Å²) in [6.45, 7) is 1.11. The molecular weight excluding hydrogens is 256 g/mol. The second-order valence-corrected chi connectivity index (χ2v) is 5.99. The molecule has 19 heavy (non-hydrogen) atoms. The van der Waals surface area contributed by atoms with E-state index in [-0.39, 0.29) is 0 Å². The Hall–Kier alpha value is -1.33. The first-order chi connectivity index (χ1) is 9.42. The molecule has 2 aromatic heterocycles. The fraction of sp³-hybridized carbons (Fsp3) is 0.500. The molecule has 1 fully saturated rings. The zero-order chi connectivity index (χ0) is 12.9. The fourth-order valence-corrected chi connectivity index (χ4v) is 3.39. The standard InChI is InChI=1S/C14H18N4S/c1(4-11-5-2-8-15-10-11)7-13-17-18-14(19-13)12-6-3-9-16-12/h2,5,8,10,12,16H,1,3-4,6-7,9H2. The molecule has 0 bridgehead atoms. The summed E-state index contributed by atoms with van der Waals surface area (Å²) >= 11 is 1.76. The van der Waals surface area contributed by atoms with Crippen molar-refractivity contribution in [3.8, 4) is 0 Å². The van der Waals surface area contributed by atoms with E-state index in [1.54, 1.807) is 11.3 Å². The highest BCUT2D eigenvalue weighted by Gasteiger charge is 2.20. The lowest BCUT2D eigenvalue weighted by Crippen LogP contribution is -2.12. The third-order valence-corrected chi connectivity index (χ3v) is 4.52. The number of aryl methyl sites for hydroxylation is 2. The van der Waals surface area contributed by atoms with E-state index in [0.29, 0.717) is 6.04 Å². The number of rotatable bonds is 5. The van der Waals surface area contributed by atoms with Crippen LogP contribution in [-0.2, 0) is 12.8 Å². The van der Waals surface area contributed by atoms with Gasteiger partial charge in [-0.2, -0.15) is 0 Å². The number of nitrogens with zero attached hydrogens (tertiary/aromatic N) is 3. The van der Waals surface area contributed by atoms with Crippen molar-refractivity contribution in [2.45, 2.75) is 38.1 Å². The van der Waals surface area contributed by atoms with Crippen LogP contribution >= 0.6 is 11.3 Å². The molecule has 0 amide bonds. The van der Waals surface area contributed by atoms with Crippen LogP contribution in [0.1, 0.15) is 40.9 Å². The molecule has 1 aliphatic heterocycles. The van der Waals surface area contributed by atoms with Gasteiger partial charge in [0.2, 0.25) is 0 Å². The Kier molecular flexibility index (Phi) is 4.15. The van der Waals surface area contributed by atoms with E-state index >= 15 is 0 Å². The van der Waals surface area contributed by atoms with Gasteiger partial charge in [-0.15, -0.1) is 10.2 Å². The van der Waals surface area contributed by atoms with Crippen molar-refractivity contribution < 1.29 is 0 Å². The smallest absolute Gasteiger partial charge is 0.134 e. The van der Waals surface area contributed by atoms with E-state index in [1.165, 1.54) is 18.4 Å². The van der Waals surface area contributed by atoms with E-state index < -0.39 is 0 Å². The van der Waals surface area contributed by atoms with Crippen LogP contribution < -0.4 is 5.32 Å². The van der Waals surface area contributed by atoms with Crippen molar-refractivity contribution in [2.24, 2.45) is 0 Å². The summed E-state index contributed by atoms with van der Waals surface area (Å²) in [6.07, 6.45) is 9.39. The predicted molar refractivity (Wildman–Crippen MR) is 76.1 cm³/mol. The van der Waals surface area contributed by atoms with Crippen LogP contribution in [0.25, 0.3) is 0 Å². The molecule has 0 saturated carbocycles. The Morgan fingerprint density at radius 2 is 2.32 bits per heavy atom. The summed E-state index contributed by atoms with van der Waals surface area (Å²) in [5, 5.41) is 14.4. The molecule has 1 atom stereocenters. The van der Waals surface area contributed by atoms with Gasteiger partial charge in [0, 0.05) is 18.8 Å². The molecule has 5 heteroatoms. The normalized spacial score (nSPS) is 18.8. The summed E-state index contributed by atoms with van der Waals surface area (Å²) in [7, 11) is 0. The van der Waals surface area contributed by atoms with E-state index in [4.69, 9.17) is 0 Å². The lowest BCUT2D eigenvalue weighted by Gasteiger charge is -2.02. The first kappa shape index (κ1) is 12.7. The van der Waals surface area contributed by atoms with Crippen LogP contribution in [0.3, 0.4) is 0 Å². The topological polar surface area (TPSA) is 50.7 Å². The van der Waals surface area contributed by atoms with Gasteiger partial charge in [0.1, 0.15) is 10.0 Å². The van der Waals surface area contributed by atoms with Gasteiger partial charge >= 0.3 is 0 Å². The molecule has 0 spiro atoms. The second kappa shape index (κ2) is 6.21. The van der Waals surface area contributed by atoms with Gasteiger partial charge in [-0.25, -0.2) is 0 Å². The van der Waals surface area contributed by atoms with Crippen LogP contribution in [0, 0.1) is 0 Å². The number of aromatic nitrogens is 3. The monoisotopic (exact) mass is 274 g/mol. The molecule has 0 aromatic carbocycles. The van der Waals surface area contributed by atoms with Gasteiger partial charge < -0.3 is 5.32 Å². The maximum atomic E-state index is 4.32. The zero-order valence-electron chi connectivity index (χ0n) is 10.9. The average molecular weight is 274 g/mol. The number of nitrogens with one attached hydrogen (secondary N) is 1. The van der Waals surface area contributed by atoms with E-state index in [0.717, 1.165) is 35.8 Å². The molecule has 1 unspecified atom stereocenters. The van der Waals surface area contributed by atoms with Gasteiger partial charge in [-0.05, 0) is 43.9 Å². The minimum atomic E-state index is 0.449. The Morgan fingerprint density at radius 3 is 3.11 bits per heavy atom. The van der Waals surface area contributed by atoms with Crippen molar-refractivity contribution in [2.75, 3.05) is 6.54 Å². The van der Waals surface area contributed by atoms with Crippen molar-refractivity contribution in [3.05, 3.63) is 40.1 Å². The molecule has 100 valence electrons. The highest BCUT2D eigenvalue weighted by Crippen LogP contribution is 2.26. The maximum Gasteiger partial charge on any atom is 0.134 e. The lowest BCUT2D eigenvalue weighted by molar-refractivity contribution is 0.634. The van der Waals surface area contributed by atoms with Crippen LogP contribution in [0.4, 0.5) is 0 Å². The molecule has 1 saturated heterocycles. The third kappa shape index (κ3) is 3.36. The zero-order valence-corrected chi connectivity index (χ0v) is 11.7. The molecular formula is C14H18N4S. The van der Waals surface area contributed by atoms with Crippen molar-refractivity contribution in [1.29, 1.82) is 0 Å². The minimum Gasteiger partial charge on any atom is -0.308 e. The molecule has 4 nitrogen and oxygen atoms in total. The van der Waals surface area contributed by atoms with Crippen LogP contribution in [0.15, 0.2) is 24.5 Å². The van der Waals surface area contributed by atoms with Gasteiger partial charge in [0.15, 0.2) is 0 Å². The van der Waals surface area contributed by atoms with Crippen molar-refractivity contribution in [3.63, 3.8) is 0 Å². The largest absolute Gasteiger partial charge is 0.308 e. The van der Waals surface area contributed by atoms with Crippen molar-refractivity contribution >= 4 is 11.3 Å². The SMILES string of the molecule is c1cncc(CCCc2nnc(C3CCCN3)s2)c1. The highest BCUT2D eigenvalue weighted by atomic mass is 32.1. The van der Waals surface area contributed by atoms with Gasteiger partial charge in [0.25, 0.3) is 0 Å². The summed E-state index contributed by atoms with van der Waals surface area (Å²) in [4.78, 5) is 4.13. The maximum absolute atomic E-state index is 4.32. The van der Waals surface area contributed by atoms with Gasteiger partial charge in [0.05, 0.1) is 6.04 Å². The van der Waals surface area contributed by atoms with Gasteiger partial charge in [-0.3, -0.25) is 4.98 Å². The Labute approximate surface area is 117 Å². The molecule has 3 heterocycles. The summed E-state index contributed by atoms with van der Waals surface area (Å²) in [6, 6.07) is 4.56. The minimum absolute atomic E-state index is 0.449. The van der Waals surface area contributed by atoms with E-state index in [1.807, 2.05) is 18.5 Å². The van der Waals surface area contributed by atoms with E-state index in [9.17, 15) is 0 Å². The van der Waals surface area contributed by atoms with Crippen LogP contribution in [0.2, 0.25) is 0 Å². The number of pyridine rings is 1. The van der Waals surface area contributed by atoms with Gasteiger partial charge in [-0.1, -0.05) is 17.4 Å². The Balaban J connectivity index is 1.50. The average Bonchev–Trinajstić information content (AvgIpc) is 3.10. The molecule has 0 radical (unpaired) electrons. The summed E-state index contributed by atoms with van der Waals surface area (Å²) < 4.78 is 0. The number of hydrogen-bond donors (Lipinski definition) is 1. The van der Waals surface area contributed by atoms with E-state index in [2.05, 4.69) is 26.6 Å². The molecule has 1 N–H and O–H groups in total. The summed E-state index contributed by atoms with van der Waals surface area (Å²) in [5.41, 5.74) is 1.30. The third-order valence-electron chi connectivity index (χ3n) is 3.42. The number of hydrogen-bond acceptors (Lipinski definition) is 5. The fourth-order valence-electron chi connectivity index (χ4n) is 2.39. The Morgan fingerprint density at radius 1 is 1.32 bits per heavy atom. The first-order valence-corrected chi connectivity index (χ1v) is 7.68. The lowest BCUT2D eigenvalue weighted by atomic mass is 10.1.